The smallest absolute Gasteiger partial charge is 0.413 e. The van der Waals surface area contributed by atoms with E-state index in [1.54, 1.807) is 32.0 Å². The van der Waals surface area contributed by atoms with Crippen LogP contribution in [0.1, 0.15) is 19.4 Å². The lowest BCUT2D eigenvalue weighted by Crippen LogP contribution is -2.47. The Bertz CT molecular complexity index is 810. The van der Waals surface area contributed by atoms with Crippen molar-refractivity contribution in [3.63, 3.8) is 0 Å². The highest BCUT2D eigenvalue weighted by molar-refractivity contribution is 6.09. The van der Waals surface area contributed by atoms with Gasteiger partial charge in [0.2, 0.25) is 12.7 Å². The molecule has 10 nitrogen and oxygen atoms in total. The maximum absolute atomic E-state index is 12.7. The summed E-state index contributed by atoms with van der Waals surface area (Å²) < 4.78 is 15.2. The zero-order valence-corrected chi connectivity index (χ0v) is 14.9. The average Bonchev–Trinajstić information content (AvgIpc) is 3.13. The van der Waals surface area contributed by atoms with Gasteiger partial charge in [-0.15, -0.1) is 0 Å². The molecule has 2 N–H and O–H groups in total. The van der Waals surface area contributed by atoms with Crippen molar-refractivity contribution in [1.82, 2.24) is 15.5 Å². The zero-order chi connectivity index (χ0) is 19.6. The van der Waals surface area contributed by atoms with Crippen LogP contribution in [0.2, 0.25) is 0 Å². The molecule has 27 heavy (non-hydrogen) atoms. The van der Waals surface area contributed by atoms with Gasteiger partial charge in [0.25, 0.3) is 5.91 Å². The monoisotopic (exact) mass is 377 g/mol. The SMILES string of the molecule is CCOC(=O)NC(=O)CN1C(=O)N[C@](C)(Cc2ccc3c(c2)OCO3)C1=O. The quantitative estimate of drug-likeness (QED) is 0.718. The number of carbonyl (C=O) groups is 4. The first kappa shape index (κ1) is 18.5. The molecule has 0 radical (unpaired) electrons. The number of nitrogens with zero attached hydrogens (tertiary/aromatic N) is 1. The van der Waals surface area contributed by atoms with Gasteiger partial charge in [-0.05, 0) is 31.5 Å². The van der Waals surface area contributed by atoms with E-state index in [-0.39, 0.29) is 19.8 Å². The molecule has 0 spiro atoms. The molecule has 1 atom stereocenters. The molecule has 0 aromatic heterocycles. The number of imide groups is 2. The Morgan fingerprint density at radius 1 is 1.30 bits per heavy atom. The second-order valence-electron chi connectivity index (χ2n) is 6.29. The number of urea groups is 1. The van der Waals surface area contributed by atoms with E-state index in [0.717, 1.165) is 10.5 Å². The first-order valence-electron chi connectivity index (χ1n) is 8.31. The number of nitrogens with one attached hydrogen (secondary N) is 2. The Morgan fingerprint density at radius 3 is 2.78 bits per heavy atom. The van der Waals surface area contributed by atoms with Crippen LogP contribution < -0.4 is 20.1 Å². The predicted molar refractivity (Wildman–Crippen MR) is 90.1 cm³/mol. The number of hydrogen-bond donors (Lipinski definition) is 2. The molecule has 2 aliphatic rings. The Morgan fingerprint density at radius 2 is 2.04 bits per heavy atom. The fourth-order valence-corrected chi connectivity index (χ4v) is 2.93. The summed E-state index contributed by atoms with van der Waals surface area (Å²) in [6.45, 7) is 2.80. The molecule has 144 valence electrons. The highest BCUT2D eigenvalue weighted by Gasteiger charge is 2.48. The summed E-state index contributed by atoms with van der Waals surface area (Å²) in [5.74, 6) is -0.199. The first-order chi connectivity index (χ1) is 12.8. The number of carbonyl (C=O) groups excluding carboxylic acids is 4. The van der Waals surface area contributed by atoms with Gasteiger partial charge in [-0.3, -0.25) is 19.8 Å². The van der Waals surface area contributed by atoms with Crippen molar-refractivity contribution in [1.29, 1.82) is 0 Å². The van der Waals surface area contributed by atoms with Gasteiger partial charge >= 0.3 is 12.1 Å². The van der Waals surface area contributed by atoms with Crippen LogP contribution >= 0.6 is 0 Å². The third-order valence-electron chi connectivity index (χ3n) is 4.16. The Kier molecular flexibility index (Phi) is 4.89. The van der Waals surface area contributed by atoms with Crippen LogP contribution in [-0.2, 0) is 20.7 Å². The minimum absolute atomic E-state index is 0.0931. The lowest BCUT2D eigenvalue weighted by Gasteiger charge is -2.21. The second-order valence-corrected chi connectivity index (χ2v) is 6.29. The van der Waals surface area contributed by atoms with Gasteiger partial charge in [-0.1, -0.05) is 6.07 Å². The maximum Gasteiger partial charge on any atom is 0.413 e. The molecule has 3 rings (SSSR count). The lowest BCUT2D eigenvalue weighted by molar-refractivity contribution is -0.134. The van der Waals surface area contributed by atoms with Gasteiger partial charge in [0.1, 0.15) is 12.1 Å². The first-order valence-corrected chi connectivity index (χ1v) is 8.31. The predicted octanol–water partition coefficient (Wildman–Crippen LogP) is 0.541. The van der Waals surface area contributed by atoms with E-state index in [1.807, 2.05) is 5.32 Å². The number of benzene rings is 1. The molecule has 2 heterocycles. The topological polar surface area (TPSA) is 123 Å². The summed E-state index contributed by atoms with van der Waals surface area (Å²) in [5.41, 5.74) is -0.470. The summed E-state index contributed by atoms with van der Waals surface area (Å²) in [6, 6.07) is 4.53. The van der Waals surface area contributed by atoms with Crippen LogP contribution in [-0.4, -0.2) is 54.3 Å². The van der Waals surface area contributed by atoms with Crippen molar-refractivity contribution >= 4 is 23.9 Å². The number of fused-ring (bicyclic) bond motifs is 1. The normalized spacial score (nSPS) is 20.4. The summed E-state index contributed by atoms with van der Waals surface area (Å²) in [4.78, 5) is 48.8. The van der Waals surface area contributed by atoms with E-state index >= 15 is 0 Å². The zero-order valence-electron chi connectivity index (χ0n) is 14.9. The molecule has 0 unspecified atom stereocenters. The van der Waals surface area contributed by atoms with Crippen molar-refractivity contribution in [2.24, 2.45) is 0 Å². The van der Waals surface area contributed by atoms with Crippen molar-refractivity contribution in [2.45, 2.75) is 25.8 Å². The Labute approximate surface area is 154 Å². The van der Waals surface area contributed by atoms with Crippen LogP contribution in [0.25, 0.3) is 0 Å². The molecule has 0 aliphatic carbocycles. The van der Waals surface area contributed by atoms with Crippen LogP contribution in [0.5, 0.6) is 11.5 Å². The lowest BCUT2D eigenvalue weighted by atomic mass is 9.92. The molecule has 1 fully saturated rings. The number of alkyl carbamates (subject to hydrolysis) is 1. The third kappa shape index (κ3) is 3.78. The highest BCUT2D eigenvalue weighted by atomic mass is 16.7. The minimum atomic E-state index is -1.23. The summed E-state index contributed by atoms with van der Waals surface area (Å²) in [6.07, 6.45) is -0.734. The molecule has 1 aromatic carbocycles. The molecule has 0 saturated carbocycles. The fraction of sp³-hybridized carbons (Fsp3) is 0.412. The maximum atomic E-state index is 12.7. The van der Waals surface area contributed by atoms with Crippen molar-refractivity contribution < 1.29 is 33.4 Å². The number of rotatable bonds is 5. The largest absolute Gasteiger partial charge is 0.454 e. The van der Waals surface area contributed by atoms with Crippen LogP contribution in [0.4, 0.5) is 9.59 Å². The van der Waals surface area contributed by atoms with Gasteiger partial charge in [-0.2, -0.15) is 0 Å². The summed E-state index contributed by atoms with van der Waals surface area (Å²) >= 11 is 0. The van der Waals surface area contributed by atoms with Crippen LogP contribution in [0.15, 0.2) is 18.2 Å². The van der Waals surface area contributed by atoms with Crippen molar-refractivity contribution in [3.05, 3.63) is 23.8 Å². The molecule has 10 heteroatoms. The van der Waals surface area contributed by atoms with Crippen LogP contribution in [0, 0.1) is 0 Å². The third-order valence-corrected chi connectivity index (χ3v) is 4.16. The highest BCUT2D eigenvalue weighted by Crippen LogP contribution is 2.34. The standard InChI is InChI=1S/C17H19N3O7/c1-3-25-16(24)18-13(21)8-20-14(22)17(2,19-15(20)23)7-10-4-5-11-12(6-10)27-9-26-11/h4-6H,3,7-9H2,1-2H3,(H,19,23)(H,18,21,24)/t17-/m1/s1. The van der Waals surface area contributed by atoms with Crippen molar-refractivity contribution in [2.75, 3.05) is 19.9 Å². The van der Waals surface area contributed by atoms with E-state index in [2.05, 4.69) is 10.1 Å². The van der Waals surface area contributed by atoms with E-state index < -0.39 is 36.0 Å². The number of amides is 5. The molecule has 1 saturated heterocycles. The van der Waals surface area contributed by atoms with E-state index in [9.17, 15) is 19.2 Å². The van der Waals surface area contributed by atoms with E-state index in [0.29, 0.717) is 11.5 Å². The van der Waals surface area contributed by atoms with Gasteiger partial charge in [-0.25, -0.2) is 9.59 Å². The molecular weight excluding hydrogens is 358 g/mol. The fourth-order valence-electron chi connectivity index (χ4n) is 2.93. The Hall–Kier alpha value is -3.30. The van der Waals surface area contributed by atoms with Gasteiger partial charge in [0.15, 0.2) is 11.5 Å². The number of hydrogen-bond acceptors (Lipinski definition) is 7. The summed E-state index contributed by atoms with van der Waals surface area (Å²) in [5, 5.41) is 4.55. The molecule has 0 bridgehead atoms. The molecule has 5 amide bonds. The summed E-state index contributed by atoms with van der Waals surface area (Å²) in [7, 11) is 0. The molecule has 1 aromatic rings. The van der Waals surface area contributed by atoms with Gasteiger partial charge in [0, 0.05) is 6.42 Å². The van der Waals surface area contributed by atoms with E-state index in [1.165, 1.54) is 0 Å². The Balaban J connectivity index is 1.67. The minimum Gasteiger partial charge on any atom is -0.454 e. The number of ether oxygens (including phenoxy) is 3. The molecule has 2 aliphatic heterocycles. The van der Waals surface area contributed by atoms with Crippen LogP contribution in [0.3, 0.4) is 0 Å². The van der Waals surface area contributed by atoms with Gasteiger partial charge < -0.3 is 19.5 Å². The second kappa shape index (κ2) is 7.14. The molecular formula is C17H19N3O7. The van der Waals surface area contributed by atoms with Gasteiger partial charge in [0.05, 0.1) is 6.61 Å². The average molecular weight is 377 g/mol. The van der Waals surface area contributed by atoms with E-state index in [4.69, 9.17) is 9.47 Å². The van der Waals surface area contributed by atoms with Crippen molar-refractivity contribution in [3.8, 4) is 11.5 Å².